The van der Waals surface area contributed by atoms with Crippen LogP contribution in [0.4, 0.5) is 0 Å². The fourth-order valence-electron chi connectivity index (χ4n) is 3.96. The predicted octanol–water partition coefficient (Wildman–Crippen LogP) is 2.87. The number of amides is 1. The van der Waals surface area contributed by atoms with Gasteiger partial charge in [-0.2, -0.15) is 0 Å². The fraction of sp³-hybridized carbons (Fsp3) is 0.750. The fourth-order valence-corrected chi connectivity index (χ4v) is 5.06. The Morgan fingerprint density at radius 1 is 1.26 bits per heavy atom. The Kier molecular flexibility index (Phi) is 6.34. The summed E-state index contributed by atoms with van der Waals surface area (Å²) in [5.41, 5.74) is 1.62. The molecule has 1 unspecified atom stereocenters. The number of fused-ring (bicyclic) bond motifs is 1. The second-order valence-corrected chi connectivity index (χ2v) is 7.94. The molecule has 2 heterocycles. The van der Waals surface area contributed by atoms with Crippen LogP contribution in [0.1, 0.15) is 47.7 Å². The van der Waals surface area contributed by atoms with Crippen molar-refractivity contribution in [2.24, 2.45) is 11.3 Å². The Morgan fingerprint density at radius 2 is 2.00 bits per heavy atom. The van der Waals surface area contributed by atoms with E-state index < -0.39 is 0 Å². The minimum atomic E-state index is 0. The molecule has 1 amide bonds. The van der Waals surface area contributed by atoms with Crippen molar-refractivity contribution in [2.45, 2.75) is 51.5 Å². The number of hydrogen-bond donors (Lipinski definition) is 2. The van der Waals surface area contributed by atoms with E-state index in [2.05, 4.69) is 10.6 Å². The van der Waals surface area contributed by atoms with Crippen molar-refractivity contribution in [2.75, 3.05) is 13.1 Å². The monoisotopic (exact) mass is 377 g/mol. The van der Waals surface area contributed by atoms with Crippen LogP contribution in [0.15, 0.2) is 0 Å². The molecule has 7 heteroatoms. The average molecular weight is 378 g/mol. The lowest BCUT2D eigenvalue weighted by Gasteiger charge is -2.23. The molecular weight excluding hydrogens is 353 g/mol. The number of piperidine rings is 1. The van der Waals surface area contributed by atoms with Crippen molar-refractivity contribution in [1.29, 1.82) is 0 Å². The van der Waals surface area contributed by atoms with Gasteiger partial charge < -0.3 is 10.6 Å². The maximum atomic E-state index is 12.3. The van der Waals surface area contributed by atoms with Crippen LogP contribution in [0.2, 0.25) is 0 Å². The summed E-state index contributed by atoms with van der Waals surface area (Å²) in [6.45, 7) is 2.77. The maximum absolute atomic E-state index is 12.3. The Labute approximate surface area is 154 Å². The lowest BCUT2D eigenvalue weighted by atomic mass is 9.92. The topological polar surface area (TPSA) is 54.0 Å². The first-order valence-corrected chi connectivity index (χ1v) is 9.04. The van der Waals surface area contributed by atoms with Crippen molar-refractivity contribution in [3.8, 4) is 0 Å². The molecule has 2 N–H and O–H groups in total. The SMILES string of the molecule is Cl.Cl.O=C(NCc1nc2c(s1)CCCC2)C1CC12CCNCC2. The quantitative estimate of drug-likeness (QED) is 0.851. The molecule has 4 rings (SSSR count). The van der Waals surface area contributed by atoms with Gasteiger partial charge in [-0.3, -0.25) is 4.79 Å². The van der Waals surface area contributed by atoms with Crippen molar-refractivity contribution in [1.82, 2.24) is 15.6 Å². The number of nitrogens with one attached hydrogen (secondary N) is 2. The Bertz CT molecular complexity index is 534. The molecule has 1 saturated heterocycles. The maximum Gasteiger partial charge on any atom is 0.224 e. The number of carbonyl (C=O) groups excluding carboxylic acids is 1. The highest BCUT2D eigenvalue weighted by Crippen LogP contribution is 2.58. The number of aryl methyl sites for hydroxylation is 2. The smallest absolute Gasteiger partial charge is 0.224 e. The van der Waals surface area contributed by atoms with Crippen LogP contribution in [-0.2, 0) is 24.2 Å². The van der Waals surface area contributed by atoms with E-state index in [-0.39, 0.29) is 36.6 Å². The summed E-state index contributed by atoms with van der Waals surface area (Å²) in [4.78, 5) is 18.5. The third-order valence-electron chi connectivity index (χ3n) is 5.41. The van der Waals surface area contributed by atoms with E-state index in [1.54, 1.807) is 11.3 Å². The van der Waals surface area contributed by atoms with E-state index in [1.807, 2.05) is 0 Å². The van der Waals surface area contributed by atoms with Gasteiger partial charge in [0, 0.05) is 10.8 Å². The van der Waals surface area contributed by atoms with Gasteiger partial charge in [-0.05, 0) is 63.5 Å². The predicted molar refractivity (Wildman–Crippen MR) is 97.7 cm³/mol. The molecule has 1 aromatic rings. The first-order valence-electron chi connectivity index (χ1n) is 8.23. The van der Waals surface area contributed by atoms with Crippen molar-refractivity contribution in [3.63, 3.8) is 0 Å². The highest BCUT2D eigenvalue weighted by Gasteiger charge is 2.57. The number of nitrogens with zero attached hydrogens (tertiary/aromatic N) is 1. The molecule has 2 aliphatic carbocycles. The van der Waals surface area contributed by atoms with Gasteiger partial charge >= 0.3 is 0 Å². The van der Waals surface area contributed by atoms with Crippen molar-refractivity contribution < 1.29 is 4.79 Å². The molecule has 23 heavy (non-hydrogen) atoms. The number of rotatable bonds is 3. The lowest BCUT2D eigenvalue weighted by molar-refractivity contribution is -0.123. The summed E-state index contributed by atoms with van der Waals surface area (Å²) in [7, 11) is 0. The normalized spacial score (nSPS) is 24.1. The van der Waals surface area contributed by atoms with Gasteiger partial charge in [0.2, 0.25) is 5.91 Å². The second-order valence-electron chi connectivity index (χ2n) is 6.77. The summed E-state index contributed by atoms with van der Waals surface area (Å²) >= 11 is 1.80. The molecule has 1 atom stereocenters. The molecule has 4 nitrogen and oxygen atoms in total. The zero-order valence-electron chi connectivity index (χ0n) is 13.2. The third-order valence-corrected chi connectivity index (χ3v) is 6.57. The standard InChI is InChI=1S/C16H23N3OS.2ClH/c20-15(11-9-16(11)5-7-17-8-6-16)18-10-14-19-12-3-1-2-4-13(12)21-14;;/h11,17H,1-10H2,(H,18,20);2*1H. The zero-order valence-corrected chi connectivity index (χ0v) is 15.7. The third kappa shape index (κ3) is 3.84. The van der Waals surface area contributed by atoms with Gasteiger partial charge in [-0.25, -0.2) is 4.98 Å². The van der Waals surface area contributed by atoms with E-state index in [0.29, 0.717) is 12.0 Å². The molecule has 0 radical (unpaired) electrons. The molecule has 1 saturated carbocycles. The molecule has 2 fully saturated rings. The van der Waals surface area contributed by atoms with E-state index >= 15 is 0 Å². The van der Waals surface area contributed by atoms with E-state index in [0.717, 1.165) is 43.8 Å². The molecule has 1 aromatic heterocycles. The van der Waals surface area contributed by atoms with Crippen LogP contribution in [0.25, 0.3) is 0 Å². The summed E-state index contributed by atoms with van der Waals surface area (Å²) in [5, 5.41) is 7.61. The minimum Gasteiger partial charge on any atom is -0.349 e. The highest BCUT2D eigenvalue weighted by atomic mass is 35.5. The molecule has 1 aliphatic heterocycles. The van der Waals surface area contributed by atoms with Crippen molar-refractivity contribution >= 4 is 42.1 Å². The molecular formula is C16H25Cl2N3OS. The van der Waals surface area contributed by atoms with Crippen LogP contribution in [0.3, 0.4) is 0 Å². The van der Waals surface area contributed by atoms with Gasteiger partial charge in [-0.15, -0.1) is 36.2 Å². The Morgan fingerprint density at radius 3 is 2.74 bits per heavy atom. The van der Waals surface area contributed by atoms with E-state index in [1.165, 1.54) is 29.8 Å². The number of thiazole rings is 1. The Balaban J connectivity index is 0.000000960. The van der Waals surface area contributed by atoms with Crippen molar-refractivity contribution in [3.05, 3.63) is 15.6 Å². The summed E-state index contributed by atoms with van der Waals surface area (Å²) in [6.07, 6.45) is 8.28. The minimum absolute atomic E-state index is 0. The van der Waals surface area contributed by atoms with Crippen LogP contribution in [-0.4, -0.2) is 24.0 Å². The summed E-state index contributed by atoms with van der Waals surface area (Å²) in [5.74, 6) is 0.513. The van der Waals surface area contributed by atoms with Crippen LogP contribution in [0, 0.1) is 11.3 Å². The van der Waals surface area contributed by atoms with Crippen LogP contribution < -0.4 is 10.6 Å². The molecule has 1 spiro atoms. The highest BCUT2D eigenvalue weighted by molar-refractivity contribution is 7.11. The summed E-state index contributed by atoms with van der Waals surface area (Å²) in [6, 6.07) is 0. The van der Waals surface area contributed by atoms with Gasteiger partial charge in [0.15, 0.2) is 0 Å². The van der Waals surface area contributed by atoms with Gasteiger partial charge in [0.25, 0.3) is 0 Å². The van der Waals surface area contributed by atoms with Crippen LogP contribution >= 0.6 is 36.2 Å². The number of carbonyl (C=O) groups is 1. The molecule has 0 bridgehead atoms. The average Bonchev–Trinajstić information content (AvgIpc) is 3.04. The van der Waals surface area contributed by atoms with E-state index in [4.69, 9.17) is 4.98 Å². The lowest BCUT2D eigenvalue weighted by Crippen LogP contribution is -2.33. The summed E-state index contributed by atoms with van der Waals surface area (Å²) < 4.78 is 0. The second kappa shape index (κ2) is 7.68. The zero-order chi connectivity index (χ0) is 14.3. The first-order chi connectivity index (χ1) is 10.3. The van der Waals surface area contributed by atoms with E-state index in [9.17, 15) is 4.79 Å². The molecule has 3 aliphatic rings. The van der Waals surface area contributed by atoms with Gasteiger partial charge in [0.1, 0.15) is 5.01 Å². The van der Waals surface area contributed by atoms with Gasteiger partial charge in [0.05, 0.1) is 12.2 Å². The molecule has 0 aromatic carbocycles. The Hall–Kier alpha value is -0.360. The molecule has 130 valence electrons. The number of aromatic nitrogens is 1. The van der Waals surface area contributed by atoms with Crippen LogP contribution in [0.5, 0.6) is 0 Å². The van der Waals surface area contributed by atoms with Gasteiger partial charge in [-0.1, -0.05) is 0 Å². The largest absolute Gasteiger partial charge is 0.349 e. The number of halogens is 2. The first kappa shape index (κ1) is 19.0. The number of hydrogen-bond acceptors (Lipinski definition) is 4.